The zero-order valence-corrected chi connectivity index (χ0v) is 25.0. The van der Waals surface area contributed by atoms with Crippen LogP contribution in [0.25, 0.3) is 0 Å². The van der Waals surface area contributed by atoms with Gasteiger partial charge in [0.05, 0.1) is 17.1 Å². The Labute approximate surface area is 257 Å². The molecule has 43 heavy (non-hydrogen) atoms. The van der Waals surface area contributed by atoms with Crippen molar-refractivity contribution < 1.29 is 27.5 Å². The summed E-state index contributed by atoms with van der Waals surface area (Å²) in [5, 5.41) is 5.81. The van der Waals surface area contributed by atoms with Gasteiger partial charge in [0.25, 0.3) is 15.9 Å². The van der Waals surface area contributed by atoms with Crippen LogP contribution in [0.15, 0.2) is 83.8 Å². The van der Waals surface area contributed by atoms with E-state index in [2.05, 4.69) is 15.4 Å². The zero-order chi connectivity index (χ0) is 29.5. The SMILES string of the molecule is Cl.O=C(NCC(=O)N1CCC[C@H]1C(=O)N1CCNCC1)c1ccc(S(=O)(=O)Nc2ccccc2Oc2ccccc2)cc1. The number of rotatable bonds is 9. The van der Waals surface area contributed by atoms with Crippen molar-refractivity contribution in [2.24, 2.45) is 0 Å². The molecule has 0 radical (unpaired) electrons. The molecular formula is C30H34ClN5O6S. The van der Waals surface area contributed by atoms with Gasteiger partial charge in [-0.05, 0) is 61.4 Å². The summed E-state index contributed by atoms with van der Waals surface area (Å²) in [5.74, 6) is 0.000660. The van der Waals surface area contributed by atoms with Crippen molar-refractivity contribution in [3.05, 3.63) is 84.4 Å². The van der Waals surface area contributed by atoms with Gasteiger partial charge in [0.15, 0.2) is 5.75 Å². The fourth-order valence-electron chi connectivity index (χ4n) is 5.02. The minimum atomic E-state index is -3.99. The summed E-state index contributed by atoms with van der Waals surface area (Å²) in [7, 11) is -3.99. The first kappa shape index (κ1) is 31.8. The average Bonchev–Trinajstić information content (AvgIpc) is 3.51. The summed E-state index contributed by atoms with van der Waals surface area (Å²) in [6.45, 7) is 2.90. The summed E-state index contributed by atoms with van der Waals surface area (Å²) in [6, 6.07) is 20.6. The number of carbonyl (C=O) groups excluding carboxylic acids is 3. The van der Waals surface area contributed by atoms with Crippen LogP contribution in [0.5, 0.6) is 11.5 Å². The largest absolute Gasteiger partial charge is 0.455 e. The third-order valence-electron chi connectivity index (χ3n) is 7.22. The summed E-state index contributed by atoms with van der Waals surface area (Å²) in [4.78, 5) is 41.9. The van der Waals surface area contributed by atoms with E-state index in [1.807, 2.05) is 18.2 Å². The summed E-state index contributed by atoms with van der Waals surface area (Å²) in [5.41, 5.74) is 0.460. The lowest BCUT2D eigenvalue weighted by atomic mass is 10.1. The molecule has 2 aliphatic rings. The number of sulfonamides is 1. The maximum Gasteiger partial charge on any atom is 0.262 e. The Kier molecular flexibility index (Phi) is 10.6. The Morgan fingerprint density at radius 3 is 2.28 bits per heavy atom. The van der Waals surface area contributed by atoms with Gasteiger partial charge >= 0.3 is 0 Å². The quantitative estimate of drug-likeness (QED) is 0.332. The van der Waals surface area contributed by atoms with Crippen molar-refractivity contribution in [3.63, 3.8) is 0 Å². The van der Waals surface area contributed by atoms with Crippen LogP contribution in [0.1, 0.15) is 23.2 Å². The first-order chi connectivity index (χ1) is 20.3. The molecule has 2 saturated heterocycles. The molecule has 13 heteroatoms. The molecule has 0 aromatic heterocycles. The third-order valence-corrected chi connectivity index (χ3v) is 8.60. The average molecular weight is 628 g/mol. The molecule has 1 atom stereocenters. The van der Waals surface area contributed by atoms with E-state index < -0.39 is 22.0 Å². The first-order valence-corrected chi connectivity index (χ1v) is 15.3. The molecule has 5 rings (SSSR count). The van der Waals surface area contributed by atoms with Gasteiger partial charge in [0, 0.05) is 38.3 Å². The number of nitrogens with zero attached hydrogens (tertiary/aromatic N) is 2. The summed E-state index contributed by atoms with van der Waals surface area (Å²) < 4.78 is 34.6. The number of piperazine rings is 1. The van der Waals surface area contributed by atoms with Crippen molar-refractivity contribution in [1.82, 2.24) is 20.4 Å². The number of halogens is 1. The number of nitrogens with one attached hydrogen (secondary N) is 3. The van der Waals surface area contributed by atoms with Gasteiger partial charge in [0.1, 0.15) is 11.8 Å². The minimum absolute atomic E-state index is 0. The highest BCUT2D eigenvalue weighted by molar-refractivity contribution is 7.92. The molecule has 2 heterocycles. The molecule has 0 spiro atoms. The Morgan fingerprint density at radius 1 is 0.884 bits per heavy atom. The van der Waals surface area contributed by atoms with E-state index >= 15 is 0 Å². The van der Waals surface area contributed by atoms with E-state index in [-0.39, 0.29) is 46.9 Å². The number of hydrogen-bond acceptors (Lipinski definition) is 7. The van der Waals surface area contributed by atoms with Crippen LogP contribution in [-0.4, -0.2) is 81.2 Å². The number of benzene rings is 3. The van der Waals surface area contributed by atoms with Gasteiger partial charge < -0.3 is 25.2 Å². The van der Waals surface area contributed by atoms with E-state index in [0.29, 0.717) is 37.6 Å². The highest BCUT2D eigenvalue weighted by atomic mass is 35.5. The van der Waals surface area contributed by atoms with Crippen LogP contribution in [0.4, 0.5) is 5.69 Å². The molecule has 0 unspecified atom stereocenters. The molecule has 0 saturated carbocycles. The lowest BCUT2D eigenvalue weighted by Gasteiger charge is -2.33. The van der Waals surface area contributed by atoms with Gasteiger partial charge in [0.2, 0.25) is 11.8 Å². The first-order valence-electron chi connectivity index (χ1n) is 13.8. The topological polar surface area (TPSA) is 137 Å². The minimum Gasteiger partial charge on any atom is -0.455 e. The van der Waals surface area contributed by atoms with Crippen LogP contribution in [0.2, 0.25) is 0 Å². The van der Waals surface area contributed by atoms with E-state index in [1.165, 1.54) is 24.3 Å². The summed E-state index contributed by atoms with van der Waals surface area (Å²) in [6.07, 6.45) is 1.34. The number of amides is 3. The van der Waals surface area contributed by atoms with Crippen LogP contribution < -0.4 is 20.1 Å². The van der Waals surface area contributed by atoms with Gasteiger partial charge in [-0.1, -0.05) is 30.3 Å². The van der Waals surface area contributed by atoms with E-state index in [1.54, 1.807) is 46.2 Å². The highest BCUT2D eigenvalue weighted by Gasteiger charge is 2.36. The van der Waals surface area contributed by atoms with Gasteiger partial charge in [-0.3, -0.25) is 19.1 Å². The van der Waals surface area contributed by atoms with Crippen molar-refractivity contribution in [1.29, 1.82) is 0 Å². The molecule has 0 bridgehead atoms. The monoisotopic (exact) mass is 627 g/mol. The number of likely N-dealkylation sites (tertiary alicyclic amines) is 1. The molecule has 0 aliphatic carbocycles. The van der Waals surface area contributed by atoms with Crippen LogP contribution in [-0.2, 0) is 19.6 Å². The molecule has 3 aromatic rings. The lowest BCUT2D eigenvalue weighted by Crippen LogP contribution is -2.54. The zero-order valence-electron chi connectivity index (χ0n) is 23.4. The van der Waals surface area contributed by atoms with Crippen molar-refractivity contribution in [2.45, 2.75) is 23.8 Å². The Morgan fingerprint density at radius 2 is 1.56 bits per heavy atom. The lowest BCUT2D eigenvalue weighted by molar-refractivity contribution is -0.143. The third kappa shape index (κ3) is 7.83. The van der Waals surface area contributed by atoms with Crippen LogP contribution in [0, 0.1) is 0 Å². The molecule has 3 aromatic carbocycles. The number of ether oxygens (including phenoxy) is 1. The molecular weight excluding hydrogens is 594 g/mol. The Bertz CT molecular complexity index is 1530. The van der Waals surface area contributed by atoms with Crippen molar-refractivity contribution >= 4 is 45.8 Å². The highest BCUT2D eigenvalue weighted by Crippen LogP contribution is 2.31. The van der Waals surface area contributed by atoms with Gasteiger partial charge in [-0.15, -0.1) is 12.4 Å². The Balaban J connectivity index is 0.00000423. The van der Waals surface area contributed by atoms with Crippen LogP contribution >= 0.6 is 12.4 Å². The van der Waals surface area contributed by atoms with E-state index in [9.17, 15) is 22.8 Å². The second-order valence-electron chi connectivity index (χ2n) is 10.0. The predicted molar refractivity (Wildman–Crippen MR) is 164 cm³/mol. The number of anilines is 1. The van der Waals surface area contributed by atoms with E-state index in [0.717, 1.165) is 19.5 Å². The van der Waals surface area contributed by atoms with Gasteiger partial charge in [-0.2, -0.15) is 0 Å². The van der Waals surface area contributed by atoms with Crippen molar-refractivity contribution in [3.8, 4) is 11.5 Å². The second kappa shape index (κ2) is 14.4. The maximum atomic E-state index is 13.1. The predicted octanol–water partition coefficient (Wildman–Crippen LogP) is 2.85. The number of hydrogen-bond donors (Lipinski definition) is 3. The molecule has 228 valence electrons. The van der Waals surface area contributed by atoms with Gasteiger partial charge in [-0.25, -0.2) is 8.42 Å². The molecule has 3 N–H and O–H groups in total. The molecule has 3 amide bonds. The number of para-hydroxylation sites is 3. The molecule has 2 fully saturated rings. The Hall–Kier alpha value is -4.13. The molecule has 2 aliphatic heterocycles. The fraction of sp³-hybridized carbons (Fsp3) is 0.300. The maximum absolute atomic E-state index is 13.1. The second-order valence-corrected chi connectivity index (χ2v) is 11.7. The smallest absolute Gasteiger partial charge is 0.262 e. The molecule has 11 nitrogen and oxygen atoms in total. The van der Waals surface area contributed by atoms with Crippen LogP contribution in [0.3, 0.4) is 0 Å². The van der Waals surface area contributed by atoms with Crippen molar-refractivity contribution in [2.75, 3.05) is 44.0 Å². The van der Waals surface area contributed by atoms with E-state index in [4.69, 9.17) is 4.74 Å². The number of carbonyl (C=O) groups is 3. The summed E-state index contributed by atoms with van der Waals surface area (Å²) >= 11 is 0. The standard InChI is InChI=1S/C30H33N5O6S.ClH/c36-28(35-18-6-10-26(35)30(38)34-19-16-31-17-20-34)21-32-29(37)22-12-14-24(15-13-22)42(39,40)33-25-9-4-5-11-27(25)41-23-7-2-1-3-8-23;/h1-5,7-9,11-15,26,31,33H,6,10,16-21H2,(H,32,37);1H/t26-;/m0./s1. The normalized spacial score (nSPS) is 16.6. The fourth-order valence-corrected chi connectivity index (χ4v) is 6.09.